The number of fused-ring (bicyclic) bond motifs is 3. The van der Waals surface area contributed by atoms with E-state index in [1.54, 1.807) is 18.2 Å². The molecule has 0 unspecified atom stereocenters. The van der Waals surface area contributed by atoms with Crippen LogP contribution in [0.1, 0.15) is 61.3 Å². The van der Waals surface area contributed by atoms with E-state index in [0.717, 1.165) is 61.5 Å². The average molecular weight is 1030 g/mol. The second-order valence-corrected chi connectivity index (χ2v) is 18.7. The fourth-order valence-corrected chi connectivity index (χ4v) is 8.63. The number of carboxylic acids is 1. The van der Waals surface area contributed by atoms with Crippen LogP contribution in [0.25, 0.3) is 72.7 Å². The zero-order valence-corrected chi connectivity index (χ0v) is 43.6. The molecule has 0 saturated heterocycles. The zero-order chi connectivity index (χ0) is 54.5. The van der Waals surface area contributed by atoms with Gasteiger partial charge in [-0.3, -0.25) is 4.57 Å². The van der Waals surface area contributed by atoms with Gasteiger partial charge in [0.1, 0.15) is 24.7 Å². The molecule has 12 nitrogen and oxygen atoms in total. The summed E-state index contributed by atoms with van der Waals surface area (Å²) in [5.41, 5.74) is 18.4. The standard InChI is InChI=1S/C33H26N4O.C21H18N2O3.C12H12N2/c1-4-20-38-26-18-19-28-27(21-26)31(24-16-14-23(15-17-24)22(2)3)36-32(34-28)33-35-29-12-8-9-13-30(29)37(33)25-10-6-5-7-11-25;1-4-11-26-16-9-10-18-17(12-16)19(23-20(22-18)21(24)25)15-7-5-14(6-8-15)13(2)3;13-11-8-4-5-9-12(11)14-10-6-2-1-3-7-10/h1,5-19,21-22H,20H2,2-3H3;1,5-10,12-13H,11H2,2-3H3,(H,24,25);1-9,14H,13H2. The van der Waals surface area contributed by atoms with Crippen LogP contribution in [0.2, 0.25) is 0 Å². The number of aromatic carboxylic acids is 1. The highest BCUT2D eigenvalue weighted by Gasteiger charge is 2.21. The van der Waals surface area contributed by atoms with Crippen LogP contribution in [0.5, 0.6) is 11.5 Å². The molecule has 0 bridgehead atoms. The number of hydrogen-bond acceptors (Lipinski definition) is 10. The molecule has 0 saturated carbocycles. The van der Waals surface area contributed by atoms with Gasteiger partial charge in [-0.25, -0.2) is 29.7 Å². The van der Waals surface area contributed by atoms with Crippen molar-refractivity contribution in [1.82, 2.24) is 29.5 Å². The number of ether oxygens (including phenoxy) is 2. The Hall–Kier alpha value is -10.3. The van der Waals surface area contributed by atoms with Crippen LogP contribution < -0.4 is 20.5 Å². The van der Waals surface area contributed by atoms with E-state index in [1.807, 2.05) is 133 Å². The minimum Gasteiger partial charge on any atom is -0.481 e. The summed E-state index contributed by atoms with van der Waals surface area (Å²) in [4.78, 5) is 34.9. The number of imidazole rings is 1. The largest absolute Gasteiger partial charge is 0.481 e. The van der Waals surface area contributed by atoms with Crippen molar-refractivity contribution >= 4 is 55.9 Å². The van der Waals surface area contributed by atoms with Crippen LogP contribution in [-0.4, -0.2) is 53.8 Å². The fraction of sp³-hybridized carbons (Fsp3) is 0.121. The maximum absolute atomic E-state index is 11.4. The third kappa shape index (κ3) is 12.3. The molecule has 0 amide bonds. The lowest BCUT2D eigenvalue weighted by atomic mass is 9.99. The minimum atomic E-state index is -1.17. The summed E-state index contributed by atoms with van der Waals surface area (Å²) in [6.07, 6.45) is 10.7. The monoisotopic (exact) mass is 1020 g/mol. The predicted molar refractivity (Wildman–Crippen MR) is 314 cm³/mol. The number of nitrogen functional groups attached to an aromatic ring is 1. The highest BCUT2D eigenvalue weighted by atomic mass is 16.5. The van der Waals surface area contributed by atoms with Crippen LogP contribution in [0.4, 0.5) is 17.1 Å². The summed E-state index contributed by atoms with van der Waals surface area (Å²) in [5.74, 6) is 6.90. The average Bonchev–Trinajstić information content (AvgIpc) is 4.01. The van der Waals surface area contributed by atoms with Gasteiger partial charge in [-0.05, 0) is 108 Å². The molecule has 4 N–H and O–H groups in total. The molecule has 3 heterocycles. The lowest BCUT2D eigenvalue weighted by Gasteiger charge is -2.13. The molecular formula is C66H56N8O4. The molecule has 12 heteroatoms. The number of aromatic nitrogens is 6. The van der Waals surface area contributed by atoms with E-state index < -0.39 is 5.97 Å². The maximum atomic E-state index is 11.4. The van der Waals surface area contributed by atoms with Crippen molar-refractivity contribution in [2.45, 2.75) is 39.5 Å². The Morgan fingerprint density at radius 3 is 1.64 bits per heavy atom. The van der Waals surface area contributed by atoms with Gasteiger partial charge < -0.3 is 25.6 Å². The Labute approximate surface area is 453 Å². The van der Waals surface area contributed by atoms with Crippen LogP contribution in [0.3, 0.4) is 0 Å². The summed E-state index contributed by atoms with van der Waals surface area (Å²) in [6, 6.07) is 63.5. The van der Waals surface area contributed by atoms with E-state index in [4.69, 9.17) is 43.0 Å². The number of carbonyl (C=O) groups is 1. The minimum absolute atomic E-state index is 0.151. The van der Waals surface area contributed by atoms with Gasteiger partial charge >= 0.3 is 5.97 Å². The molecule has 8 aromatic carbocycles. The summed E-state index contributed by atoms with van der Waals surface area (Å²) in [5, 5.41) is 14.2. The smallest absolute Gasteiger partial charge is 0.373 e. The molecule has 0 aliphatic heterocycles. The number of benzene rings is 8. The normalized spacial score (nSPS) is 10.8. The molecule has 0 radical (unpaired) electrons. The molecule has 3 aromatic heterocycles. The van der Waals surface area contributed by atoms with Crippen molar-refractivity contribution in [2.24, 2.45) is 0 Å². The van der Waals surface area contributed by atoms with Crippen molar-refractivity contribution in [3.05, 3.63) is 211 Å². The molecule has 0 fully saturated rings. The first kappa shape index (κ1) is 52.6. The molecule has 0 aliphatic rings. The lowest BCUT2D eigenvalue weighted by Crippen LogP contribution is -2.06. The van der Waals surface area contributed by atoms with Crippen LogP contribution in [-0.2, 0) is 0 Å². The van der Waals surface area contributed by atoms with Crippen LogP contribution in [0.15, 0.2) is 194 Å². The number of carboxylic acid groups (broad SMARTS) is 1. The molecule has 11 rings (SSSR count). The SMILES string of the molecule is C#CCOc1ccc2nc(-c3nc4ccccc4n3-c3ccccc3)nc(-c3ccc(C(C)C)cc3)c2c1.C#CCOc1ccc2nc(C(=O)O)nc(-c3ccc(C(C)C)cc3)c2c1.Nc1ccccc1Nc1ccccc1. The number of terminal acetylenes is 2. The molecule has 0 spiro atoms. The Balaban J connectivity index is 0.000000159. The van der Waals surface area contributed by atoms with Crippen LogP contribution in [0, 0.1) is 24.7 Å². The fourth-order valence-electron chi connectivity index (χ4n) is 8.63. The molecular weight excluding hydrogens is 969 g/mol. The molecule has 0 aliphatic carbocycles. The van der Waals surface area contributed by atoms with E-state index in [0.29, 0.717) is 51.6 Å². The molecule has 78 heavy (non-hydrogen) atoms. The Bertz CT molecular complexity index is 3960. The van der Waals surface area contributed by atoms with Gasteiger partial charge in [0.2, 0.25) is 5.82 Å². The van der Waals surface area contributed by atoms with E-state index in [2.05, 4.69) is 102 Å². The quantitative estimate of drug-likeness (QED) is 0.0744. The first-order valence-corrected chi connectivity index (χ1v) is 25.4. The van der Waals surface area contributed by atoms with Crippen molar-refractivity contribution in [3.8, 4) is 76.0 Å². The molecule has 0 atom stereocenters. The van der Waals surface area contributed by atoms with Crippen molar-refractivity contribution in [1.29, 1.82) is 0 Å². The summed E-state index contributed by atoms with van der Waals surface area (Å²) in [6.45, 7) is 8.97. The van der Waals surface area contributed by atoms with Gasteiger partial charge in [0.15, 0.2) is 11.6 Å². The molecule has 384 valence electrons. The number of hydrogen-bond donors (Lipinski definition) is 3. The number of nitrogens with one attached hydrogen (secondary N) is 1. The second-order valence-electron chi connectivity index (χ2n) is 18.7. The number of nitrogens with zero attached hydrogens (tertiary/aromatic N) is 6. The van der Waals surface area contributed by atoms with Crippen molar-refractivity contribution in [3.63, 3.8) is 0 Å². The van der Waals surface area contributed by atoms with Gasteiger partial charge in [0, 0.05) is 33.3 Å². The van der Waals surface area contributed by atoms with Gasteiger partial charge in [-0.15, -0.1) is 12.8 Å². The van der Waals surface area contributed by atoms with Crippen LogP contribution >= 0.6 is 0 Å². The summed E-state index contributed by atoms with van der Waals surface area (Å²) < 4.78 is 13.3. The third-order valence-corrected chi connectivity index (χ3v) is 12.7. The van der Waals surface area contributed by atoms with Gasteiger partial charge in [-0.1, -0.05) is 149 Å². The third-order valence-electron chi connectivity index (χ3n) is 12.7. The number of anilines is 3. The number of para-hydroxylation sites is 6. The van der Waals surface area contributed by atoms with Crippen molar-refractivity contribution in [2.75, 3.05) is 24.3 Å². The Morgan fingerprint density at radius 2 is 1.09 bits per heavy atom. The van der Waals surface area contributed by atoms with E-state index in [1.165, 1.54) is 11.1 Å². The summed E-state index contributed by atoms with van der Waals surface area (Å²) in [7, 11) is 0. The van der Waals surface area contributed by atoms with E-state index in [9.17, 15) is 9.90 Å². The Morgan fingerprint density at radius 1 is 0.577 bits per heavy atom. The van der Waals surface area contributed by atoms with E-state index >= 15 is 0 Å². The Kier molecular flexibility index (Phi) is 16.4. The highest BCUT2D eigenvalue weighted by Crippen LogP contribution is 2.35. The first-order chi connectivity index (χ1) is 38.0. The second kappa shape index (κ2) is 24.4. The lowest BCUT2D eigenvalue weighted by molar-refractivity contribution is 0.0684. The van der Waals surface area contributed by atoms with Gasteiger partial charge in [-0.2, -0.15) is 0 Å². The van der Waals surface area contributed by atoms with Gasteiger partial charge in [0.25, 0.3) is 0 Å². The van der Waals surface area contributed by atoms with E-state index in [-0.39, 0.29) is 19.0 Å². The van der Waals surface area contributed by atoms with Gasteiger partial charge in [0.05, 0.1) is 44.8 Å². The predicted octanol–water partition coefficient (Wildman–Crippen LogP) is 14.6. The number of nitrogens with two attached hydrogens (primary N) is 1. The highest BCUT2D eigenvalue weighted by molar-refractivity contribution is 5.97. The molecule has 11 aromatic rings. The number of rotatable bonds is 13. The zero-order valence-electron chi connectivity index (χ0n) is 43.6. The first-order valence-electron chi connectivity index (χ1n) is 25.4. The maximum Gasteiger partial charge on any atom is 0.373 e. The van der Waals surface area contributed by atoms with Crippen molar-refractivity contribution < 1.29 is 19.4 Å². The summed E-state index contributed by atoms with van der Waals surface area (Å²) >= 11 is 0. The topological polar surface area (TPSA) is 163 Å².